The molecule has 4 heteroatoms. The zero-order valence-corrected chi connectivity index (χ0v) is 11.3. The second-order valence-electron chi connectivity index (χ2n) is 4.12. The molecule has 0 spiro atoms. The second-order valence-corrected chi connectivity index (χ2v) is 4.12. The van der Waals surface area contributed by atoms with Gasteiger partial charge in [0, 0.05) is 17.7 Å². The van der Waals surface area contributed by atoms with Crippen LogP contribution in [0.4, 0.5) is 4.39 Å². The molecular weight excluding hydrogens is 233 g/mol. The van der Waals surface area contributed by atoms with E-state index < -0.39 is 6.67 Å². The summed E-state index contributed by atoms with van der Waals surface area (Å²) < 4.78 is 22.8. The van der Waals surface area contributed by atoms with Gasteiger partial charge in [-0.3, -0.25) is 0 Å². The van der Waals surface area contributed by atoms with Gasteiger partial charge in [0.15, 0.2) is 0 Å². The first kappa shape index (κ1) is 14.8. The Morgan fingerprint density at radius 1 is 1.39 bits per heavy atom. The lowest BCUT2D eigenvalue weighted by Crippen LogP contribution is -2.20. The molecule has 1 rings (SSSR count). The molecule has 0 aromatic heterocycles. The Bertz CT molecular complexity index is 358. The maximum atomic E-state index is 12.2. The van der Waals surface area contributed by atoms with Gasteiger partial charge in [-0.1, -0.05) is 13.0 Å². The van der Waals surface area contributed by atoms with Crippen LogP contribution in [0.3, 0.4) is 0 Å². The first-order valence-electron chi connectivity index (χ1n) is 6.33. The van der Waals surface area contributed by atoms with Crippen LogP contribution in [0.5, 0.6) is 11.5 Å². The van der Waals surface area contributed by atoms with Crippen molar-refractivity contribution in [2.24, 2.45) is 0 Å². The Labute approximate surface area is 108 Å². The topological polar surface area (TPSA) is 30.5 Å². The van der Waals surface area contributed by atoms with Crippen molar-refractivity contribution in [2.45, 2.75) is 26.3 Å². The van der Waals surface area contributed by atoms with Crippen LogP contribution in [-0.2, 0) is 0 Å². The fraction of sp³-hybridized carbons (Fsp3) is 0.571. The van der Waals surface area contributed by atoms with Crippen LogP contribution in [-0.4, -0.2) is 26.9 Å². The number of rotatable bonds is 8. The fourth-order valence-corrected chi connectivity index (χ4v) is 1.74. The zero-order valence-electron chi connectivity index (χ0n) is 11.3. The number of benzene rings is 1. The second kappa shape index (κ2) is 7.93. The van der Waals surface area contributed by atoms with E-state index in [1.807, 2.05) is 12.1 Å². The third-order valence-corrected chi connectivity index (χ3v) is 2.72. The third kappa shape index (κ3) is 4.18. The van der Waals surface area contributed by atoms with E-state index in [1.54, 1.807) is 13.2 Å². The normalized spacial score (nSPS) is 12.2. The molecule has 0 saturated heterocycles. The minimum absolute atomic E-state index is 0.0701. The van der Waals surface area contributed by atoms with Crippen LogP contribution in [0.25, 0.3) is 0 Å². The summed E-state index contributed by atoms with van der Waals surface area (Å²) in [4.78, 5) is 0. The Morgan fingerprint density at radius 3 is 2.78 bits per heavy atom. The highest BCUT2D eigenvalue weighted by atomic mass is 19.1. The van der Waals surface area contributed by atoms with E-state index in [4.69, 9.17) is 9.47 Å². The van der Waals surface area contributed by atoms with Gasteiger partial charge >= 0.3 is 0 Å². The van der Waals surface area contributed by atoms with Crippen LogP contribution in [0.1, 0.15) is 31.9 Å². The van der Waals surface area contributed by atoms with Gasteiger partial charge < -0.3 is 14.8 Å². The third-order valence-electron chi connectivity index (χ3n) is 2.72. The van der Waals surface area contributed by atoms with E-state index >= 15 is 0 Å². The molecule has 102 valence electrons. The molecule has 0 aliphatic carbocycles. The minimum Gasteiger partial charge on any atom is -0.497 e. The van der Waals surface area contributed by atoms with Crippen LogP contribution in [0.15, 0.2) is 18.2 Å². The van der Waals surface area contributed by atoms with E-state index in [9.17, 15) is 4.39 Å². The molecule has 0 radical (unpaired) electrons. The van der Waals surface area contributed by atoms with Crippen molar-refractivity contribution < 1.29 is 13.9 Å². The average Bonchev–Trinajstić information content (AvgIpc) is 2.42. The Morgan fingerprint density at radius 2 is 2.17 bits per heavy atom. The molecule has 3 nitrogen and oxygen atoms in total. The van der Waals surface area contributed by atoms with Crippen molar-refractivity contribution in [1.82, 2.24) is 5.32 Å². The summed E-state index contributed by atoms with van der Waals surface area (Å²) in [5.41, 5.74) is 1.03. The highest BCUT2D eigenvalue weighted by Gasteiger charge is 2.12. The van der Waals surface area contributed by atoms with Crippen molar-refractivity contribution >= 4 is 0 Å². The summed E-state index contributed by atoms with van der Waals surface area (Å²) in [7, 11) is 1.60. The number of methoxy groups -OCH3 is 1. The smallest absolute Gasteiger partial charge is 0.127 e. The summed E-state index contributed by atoms with van der Waals surface area (Å²) >= 11 is 0. The molecule has 0 heterocycles. The average molecular weight is 255 g/mol. The molecule has 1 aromatic rings. The molecule has 1 N–H and O–H groups in total. The van der Waals surface area contributed by atoms with Gasteiger partial charge in [0.2, 0.25) is 0 Å². The standard InChI is InChI=1S/C14H22FNO2/c1-4-8-16-11(2)13-6-5-12(17-3)10-14(13)18-9-7-15/h5-6,10-11,16H,4,7-9H2,1-3H3. The highest BCUT2D eigenvalue weighted by molar-refractivity contribution is 5.42. The van der Waals surface area contributed by atoms with Crippen molar-refractivity contribution in [3.8, 4) is 11.5 Å². The number of ether oxygens (including phenoxy) is 2. The Balaban J connectivity index is 2.86. The molecule has 0 aliphatic heterocycles. The number of alkyl halides is 1. The minimum atomic E-state index is -0.493. The van der Waals surface area contributed by atoms with E-state index in [1.165, 1.54) is 0 Å². The van der Waals surface area contributed by atoms with Gasteiger partial charge in [-0.15, -0.1) is 0 Å². The first-order chi connectivity index (χ1) is 8.72. The van der Waals surface area contributed by atoms with E-state index in [2.05, 4.69) is 19.2 Å². The predicted molar refractivity (Wildman–Crippen MR) is 71.2 cm³/mol. The lowest BCUT2D eigenvalue weighted by Gasteiger charge is -2.18. The molecule has 18 heavy (non-hydrogen) atoms. The van der Waals surface area contributed by atoms with Gasteiger partial charge in [0.05, 0.1) is 7.11 Å². The molecular formula is C14H22FNO2. The quantitative estimate of drug-likeness (QED) is 0.774. The summed E-state index contributed by atoms with van der Waals surface area (Å²) in [6.45, 7) is 4.71. The van der Waals surface area contributed by atoms with Crippen molar-refractivity contribution in [3.05, 3.63) is 23.8 Å². The van der Waals surface area contributed by atoms with Crippen LogP contribution in [0.2, 0.25) is 0 Å². The van der Waals surface area contributed by atoms with Crippen LogP contribution >= 0.6 is 0 Å². The Kier molecular flexibility index (Phi) is 6.50. The molecule has 0 amide bonds. The Hall–Kier alpha value is -1.29. The number of hydrogen-bond acceptors (Lipinski definition) is 3. The van der Waals surface area contributed by atoms with Crippen molar-refractivity contribution in [3.63, 3.8) is 0 Å². The highest BCUT2D eigenvalue weighted by Crippen LogP contribution is 2.29. The van der Waals surface area contributed by atoms with E-state index in [0.717, 1.165) is 24.3 Å². The molecule has 1 aromatic carbocycles. The van der Waals surface area contributed by atoms with E-state index in [-0.39, 0.29) is 12.6 Å². The fourth-order valence-electron chi connectivity index (χ4n) is 1.74. The maximum absolute atomic E-state index is 12.2. The van der Waals surface area contributed by atoms with Crippen LogP contribution < -0.4 is 14.8 Å². The molecule has 1 atom stereocenters. The molecule has 0 saturated carbocycles. The van der Waals surface area contributed by atoms with Gasteiger partial charge in [-0.05, 0) is 26.0 Å². The summed E-state index contributed by atoms with van der Waals surface area (Å²) in [6, 6.07) is 5.82. The van der Waals surface area contributed by atoms with Gasteiger partial charge in [-0.25, -0.2) is 4.39 Å². The van der Waals surface area contributed by atoms with Gasteiger partial charge in [0.1, 0.15) is 24.8 Å². The largest absolute Gasteiger partial charge is 0.497 e. The first-order valence-corrected chi connectivity index (χ1v) is 6.33. The summed E-state index contributed by atoms with van der Waals surface area (Å²) in [5.74, 6) is 1.40. The number of nitrogens with one attached hydrogen (secondary N) is 1. The molecule has 0 aliphatic rings. The lowest BCUT2D eigenvalue weighted by atomic mass is 10.1. The number of halogens is 1. The van der Waals surface area contributed by atoms with Gasteiger partial charge in [0.25, 0.3) is 0 Å². The number of hydrogen-bond donors (Lipinski definition) is 1. The van der Waals surface area contributed by atoms with Crippen molar-refractivity contribution in [1.29, 1.82) is 0 Å². The summed E-state index contributed by atoms with van der Waals surface area (Å²) in [5, 5.41) is 3.39. The van der Waals surface area contributed by atoms with Crippen molar-refractivity contribution in [2.75, 3.05) is 26.9 Å². The maximum Gasteiger partial charge on any atom is 0.127 e. The zero-order chi connectivity index (χ0) is 13.4. The predicted octanol–water partition coefficient (Wildman–Crippen LogP) is 3.10. The summed E-state index contributed by atoms with van der Waals surface area (Å²) in [6.07, 6.45) is 1.07. The molecule has 0 fully saturated rings. The molecule has 1 unspecified atom stereocenters. The van der Waals surface area contributed by atoms with Gasteiger partial charge in [-0.2, -0.15) is 0 Å². The SMILES string of the molecule is CCCNC(C)c1ccc(OC)cc1OCCF. The van der Waals surface area contributed by atoms with E-state index in [0.29, 0.717) is 5.75 Å². The lowest BCUT2D eigenvalue weighted by molar-refractivity contribution is 0.267. The monoisotopic (exact) mass is 255 g/mol. The molecule has 0 bridgehead atoms. The van der Waals surface area contributed by atoms with Crippen LogP contribution in [0, 0.1) is 0 Å².